The third-order valence-electron chi connectivity index (χ3n) is 6.02. The Morgan fingerprint density at radius 1 is 1.03 bits per heavy atom. The van der Waals surface area contributed by atoms with Crippen molar-refractivity contribution >= 4 is 35.0 Å². The molecule has 1 fully saturated rings. The summed E-state index contributed by atoms with van der Waals surface area (Å²) in [6.45, 7) is 0. The molecule has 1 aliphatic rings. The number of alkyl halides is 3. The predicted octanol–water partition coefficient (Wildman–Crippen LogP) is 6.57. The Morgan fingerprint density at radius 3 is 2.21 bits per heavy atom. The van der Waals surface area contributed by atoms with E-state index in [0.717, 1.165) is 45.8 Å². The van der Waals surface area contributed by atoms with Crippen molar-refractivity contribution in [2.24, 2.45) is 0 Å². The second kappa shape index (κ2) is 9.27. The lowest BCUT2D eigenvalue weighted by atomic mass is 9.75. The number of thiocarbonyl (C=S) groups is 1. The van der Waals surface area contributed by atoms with Crippen LogP contribution in [0.1, 0.15) is 30.4 Å². The molecule has 0 aliphatic heterocycles. The molecule has 1 aliphatic carbocycles. The van der Waals surface area contributed by atoms with Gasteiger partial charge in [-0.3, -0.25) is 9.69 Å². The molecule has 3 aromatic rings. The van der Waals surface area contributed by atoms with E-state index in [2.05, 4.69) is 5.32 Å². The van der Waals surface area contributed by atoms with Crippen molar-refractivity contribution in [2.75, 3.05) is 10.2 Å². The maximum Gasteiger partial charge on any atom is 0.417 e. The van der Waals surface area contributed by atoms with Crippen molar-refractivity contribution in [3.8, 4) is 17.2 Å². The number of halogens is 3. The van der Waals surface area contributed by atoms with Gasteiger partial charge < -0.3 is 5.32 Å². The Hall–Kier alpha value is -3.70. The van der Waals surface area contributed by atoms with E-state index in [4.69, 9.17) is 17.5 Å². The number of rotatable bonds is 6. The molecule has 3 aromatic carbocycles. The van der Waals surface area contributed by atoms with Gasteiger partial charge in [-0.15, -0.1) is 0 Å². The molecule has 4 nitrogen and oxygen atoms in total. The summed E-state index contributed by atoms with van der Waals surface area (Å²) in [5.74, 6) is -0.432. The standard InChI is InChI=1S/C26H20F3N3OS/c27-26(28,29)23-15-22(12-9-20(23)16-30)32(17-34)24(33)25(13-4-14-25)31-21-10-7-19(8-11-21)18-5-2-1-3-6-18/h1-3,5-12,15,17,31H,4,13-14H2. The van der Waals surface area contributed by atoms with Crippen molar-refractivity contribution in [3.63, 3.8) is 0 Å². The topological polar surface area (TPSA) is 56.1 Å². The molecule has 8 heteroatoms. The first kappa shape index (κ1) is 23.5. The average molecular weight is 480 g/mol. The van der Waals surface area contributed by atoms with Gasteiger partial charge in [0.15, 0.2) is 0 Å². The predicted molar refractivity (Wildman–Crippen MR) is 129 cm³/mol. The second-order valence-electron chi connectivity index (χ2n) is 8.12. The number of amides is 1. The zero-order valence-electron chi connectivity index (χ0n) is 18.0. The number of anilines is 2. The Morgan fingerprint density at radius 2 is 1.68 bits per heavy atom. The maximum atomic E-state index is 13.5. The van der Waals surface area contributed by atoms with Crippen LogP contribution >= 0.6 is 12.2 Å². The number of nitrogens with zero attached hydrogens (tertiary/aromatic N) is 2. The number of carbonyl (C=O) groups excluding carboxylic acids is 1. The van der Waals surface area contributed by atoms with Gasteiger partial charge in [-0.25, -0.2) is 0 Å². The maximum absolute atomic E-state index is 13.5. The van der Waals surface area contributed by atoms with Crippen molar-refractivity contribution in [1.29, 1.82) is 5.26 Å². The first-order valence-corrected chi connectivity index (χ1v) is 11.1. The summed E-state index contributed by atoms with van der Waals surface area (Å²) < 4.78 is 40.3. The van der Waals surface area contributed by atoms with Crippen LogP contribution in [0.25, 0.3) is 11.1 Å². The molecule has 0 bridgehead atoms. The van der Waals surface area contributed by atoms with Gasteiger partial charge in [0.05, 0.1) is 22.7 Å². The number of nitriles is 1. The molecular weight excluding hydrogens is 459 g/mol. The lowest BCUT2D eigenvalue weighted by Crippen LogP contribution is -2.58. The minimum Gasteiger partial charge on any atom is -0.371 e. The molecule has 0 saturated heterocycles. The minimum atomic E-state index is -4.73. The van der Waals surface area contributed by atoms with Gasteiger partial charge in [-0.1, -0.05) is 54.7 Å². The molecule has 34 heavy (non-hydrogen) atoms. The summed E-state index contributed by atoms with van der Waals surface area (Å²) in [5, 5.41) is 12.3. The van der Waals surface area contributed by atoms with E-state index in [1.165, 1.54) is 6.07 Å². The number of hydrogen-bond donors (Lipinski definition) is 1. The van der Waals surface area contributed by atoms with Crippen LogP contribution in [-0.2, 0) is 11.0 Å². The van der Waals surface area contributed by atoms with Crippen LogP contribution in [0, 0.1) is 11.3 Å². The van der Waals surface area contributed by atoms with Gasteiger partial charge in [0.2, 0.25) is 0 Å². The zero-order valence-corrected chi connectivity index (χ0v) is 18.8. The van der Waals surface area contributed by atoms with Crippen LogP contribution in [0.3, 0.4) is 0 Å². The minimum absolute atomic E-state index is 0.0289. The normalized spacial score (nSPS) is 14.4. The van der Waals surface area contributed by atoms with E-state index in [0.29, 0.717) is 12.8 Å². The van der Waals surface area contributed by atoms with Gasteiger partial charge in [0.25, 0.3) is 5.91 Å². The second-order valence-corrected chi connectivity index (χ2v) is 8.33. The molecule has 0 atom stereocenters. The molecule has 172 valence electrons. The molecule has 1 N–H and O–H groups in total. The van der Waals surface area contributed by atoms with Crippen molar-refractivity contribution in [2.45, 2.75) is 31.0 Å². The summed E-state index contributed by atoms with van der Waals surface area (Å²) in [5.41, 5.74) is 1.25. The molecule has 0 unspecified atom stereocenters. The van der Waals surface area contributed by atoms with E-state index >= 15 is 0 Å². The molecule has 0 radical (unpaired) electrons. The Bertz CT molecular complexity index is 1250. The van der Waals surface area contributed by atoms with Crippen molar-refractivity contribution < 1.29 is 18.0 Å². The van der Waals surface area contributed by atoms with Gasteiger partial charge in [-0.05, 0) is 60.7 Å². The highest BCUT2D eigenvalue weighted by molar-refractivity contribution is 7.79. The van der Waals surface area contributed by atoms with Gasteiger partial charge >= 0.3 is 6.18 Å². The number of benzene rings is 3. The van der Waals surface area contributed by atoms with E-state index in [1.807, 2.05) is 54.6 Å². The fraction of sp³-hybridized carbons (Fsp3) is 0.192. The summed E-state index contributed by atoms with van der Waals surface area (Å²) >= 11 is 5.01. The quantitative estimate of drug-likeness (QED) is 0.407. The molecular formula is C26H20F3N3OS. The summed E-state index contributed by atoms with van der Waals surface area (Å²) in [7, 11) is 0. The highest BCUT2D eigenvalue weighted by atomic mass is 32.1. The average Bonchev–Trinajstić information content (AvgIpc) is 2.82. The first-order valence-electron chi connectivity index (χ1n) is 10.6. The van der Waals surface area contributed by atoms with Crippen LogP contribution in [0.4, 0.5) is 24.5 Å². The summed E-state index contributed by atoms with van der Waals surface area (Å²) in [4.78, 5) is 14.6. The van der Waals surface area contributed by atoms with Crippen LogP contribution < -0.4 is 10.2 Å². The lowest BCUT2D eigenvalue weighted by Gasteiger charge is -2.43. The molecule has 1 amide bonds. The Balaban J connectivity index is 1.60. The van der Waals surface area contributed by atoms with E-state index in [-0.39, 0.29) is 5.69 Å². The van der Waals surface area contributed by atoms with E-state index in [1.54, 1.807) is 6.07 Å². The number of hydrogen-bond acceptors (Lipinski definition) is 4. The van der Waals surface area contributed by atoms with Crippen LogP contribution in [0.15, 0.2) is 72.8 Å². The third-order valence-corrected chi connectivity index (χ3v) is 6.23. The number of nitrogens with one attached hydrogen (secondary N) is 1. The molecule has 0 aromatic heterocycles. The monoisotopic (exact) mass is 479 g/mol. The molecule has 0 heterocycles. The van der Waals surface area contributed by atoms with Crippen LogP contribution in [0.2, 0.25) is 0 Å². The van der Waals surface area contributed by atoms with Gasteiger partial charge in [0, 0.05) is 11.4 Å². The van der Waals surface area contributed by atoms with E-state index < -0.39 is 28.7 Å². The van der Waals surface area contributed by atoms with Crippen LogP contribution in [0.5, 0.6) is 0 Å². The van der Waals surface area contributed by atoms with Crippen LogP contribution in [-0.4, -0.2) is 16.9 Å². The fourth-order valence-electron chi connectivity index (χ4n) is 4.05. The lowest BCUT2D eigenvalue weighted by molar-refractivity contribution is -0.137. The van der Waals surface area contributed by atoms with Gasteiger partial charge in [-0.2, -0.15) is 18.4 Å². The third kappa shape index (κ3) is 4.52. The summed E-state index contributed by atoms with van der Waals surface area (Å²) in [6, 6.07) is 22.2. The van der Waals surface area contributed by atoms with Crippen molar-refractivity contribution in [1.82, 2.24) is 0 Å². The number of carbonyl (C=O) groups is 1. The Kier molecular flexibility index (Phi) is 6.40. The van der Waals surface area contributed by atoms with Crippen molar-refractivity contribution in [3.05, 3.63) is 83.9 Å². The van der Waals surface area contributed by atoms with Gasteiger partial charge in [0.1, 0.15) is 5.54 Å². The highest BCUT2D eigenvalue weighted by Crippen LogP contribution is 2.40. The SMILES string of the molecule is N#Cc1ccc(N(C=S)C(=O)C2(Nc3ccc(-c4ccccc4)cc3)CCC2)cc1C(F)(F)F. The van der Waals surface area contributed by atoms with E-state index in [9.17, 15) is 18.0 Å². The highest BCUT2D eigenvalue weighted by Gasteiger charge is 2.47. The molecule has 1 saturated carbocycles. The first-order chi connectivity index (χ1) is 16.3. The summed E-state index contributed by atoms with van der Waals surface area (Å²) in [6.07, 6.45) is -2.89. The fourth-order valence-corrected chi connectivity index (χ4v) is 4.26. The largest absolute Gasteiger partial charge is 0.417 e. The zero-order chi connectivity index (χ0) is 24.3. The molecule has 4 rings (SSSR count). The molecule has 0 spiro atoms. The smallest absolute Gasteiger partial charge is 0.371 e. The Labute approximate surface area is 200 Å².